The normalized spacial score (nSPS) is 28.4. The molecule has 0 spiro atoms. The Morgan fingerprint density at radius 2 is 1.94 bits per heavy atom. The summed E-state index contributed by atoms with van der Waals surface area (Å²) >= 11 is 0. The number of nitrogens with zero attached hydrogens (tertiary/aromatic N) is 3. The third-order valence-electron chi connectivity index (χ3n) is 9.57. The highest BCUT2D eigenvalue weighted by Crippen LogP contribution is 2.68. The molecule has 6 rings (SSSR count). The number of esters is 2. The largest absolute Gasteiger partial charge is 0.466 e. The lowest BCUT2D eigenvalue weighted by molar-refractivity contribution is -0.153. The SMILES string of the molecule is CCCCOC(=O)CC[C@H](NP(=O)(Oc1ccccc1)OC1[C@@]2(C)O[C@@H](c3ccc4c(N)ncnn34)[C@H](O)[C@@]12O)C(=O)OC1CCCCC1. The molecular formula is C33H44N5O10P. The lowest BCUT2D eigenvalue weighted by Crippen LogP contribution is -2.41. The first-order valence-electron chi connectivity index (χ1n) is 16.8. The van der Waals surface area contributed by atoms with Gasteiger partial charge in [-0.3, -0.25) is 14.1 Å². The molecule has 1 aromatic carbocycles. The summed E-state index contributed by atoms with van der Waals surface area (Å²) in [4.78, 5) is 30.1. The lowest BCUT2D eigenvalue weighted by Gasteiger charge is -2.29. The molecule has 2 saturated carbocycles. The molecule has 3 fully saturated rings. The van der Waals surface area contributed by atoms with E-state index in [-0.39, 0.29) is 37.1 Å². The van der Waals surface area contributed by atoms with Crippen molar-refractivity contribution in [1.29, 1.82) is 0 Å². The number of fused-ring (bicyclic) bond motifs is 2. The first kappa shape index (κ1) is 35.2. The number of para-hydroxylation sites is 1. The number of aromatic nitrogens is 3. The Bertz CT molecular complexity index is 1690. The van der Waals surface area contributed by atoms with Crippen molar-refractivity contribution >= 4 is 31.0 Å². The Morgan fingerprint density at radius 1 is 1.18 bits per heavy atom. The highest BCUT2D eigenvalue weighted by Gasteiger charge is 2.87. The number of nitrogens with one attached hydrogen (secondary N) is 1. The summed E-state index contributed by atoms with van der Waals surface area (Å²) < 4.78 is 45.4. The Hall–Kier alpha value is -3.59. The van der Waals surface area contributed by atoms with Crippen LogP contribution in [0.4, 0.5) is 5.82 Å². The quantitative estimate of drug-likeness (QED) is 0.101. The van der Waals surface area contributed by atoms with E-state index in [1.165, 1.54) is 17.8 Å². The van der Waals surface area contributed by atoms with Gasteiger partial charge in [0.05, 0.1) is 12.3 Å². The molecule has 0 amide bonds. The fourth-order valence-electron chi connectivity index (χ4n) is 6.67. The van der Waals surface area contributed by atoms with Gasteiger partial charge in [0.1, 0.15) is 53.7 Å². The van der Waals surface area contributed by atoms with Crippen LogP contribution in [0.25, 0.3) is 5.52 Å². The predicted octanol–water partition coefficient (Wildman–Crippen LogP) is 3.78. The summed E-state index contributed by atoms with van der Waals surface area (Å²) in [6.07, 6.45) is 2.54. The summed E-state index contributed by atoms with van der Waals surface area (Å²) in [7, 11) is -4.57. The highest BCUT2D eigenvalue weighted by atomic mass is 31.2. The molecule has 15 nitrogen and oxygen atoms in total. The summed E-state index contributed by atoms with van der Waals surface area (Å²) in [5, 5.41) is 30.2. The number of rotatable bonds is 15. The molecule has 5 N–H and O–H groups in total. The number of ether oxygens (including phenoxy) is 3. The topological polar surface area (TPSA) is 206 Å². The van der Waals surface area contributed by atoms with Gasteiger partial charge in [0.15, 0.2) is 11.4 Å². The van der Waals surface area contributed by atoms with Crippen LogP contribution in [0.15, 0.2) is 48.8 Å². The van der Waals surface area contributed by atoms with Crippen LogP contribution in [0.2, 0.25) is 0 Å². The zero-order chi connectivity index (χ0) is 34.8. The van der Waals surface area contributed by atoms with E-state index in [0.29, 0.717) is 30.5 Å². The van der Waals surface area contributed by atoms with Gasteiger partial charge in [-0.05, 0) is 69.7 Å². The van der Waals surface area contributed by atoms with E-state index in [9.17, 15) is 24.4 Å². The fraction of sp³-hybridized carbons (Fsp3) is 0.576. The molecule has 2 unspecified atom stereocenters. The van der Waals surface area contributed by atoms with Crippen molar-refractivity contribution in [2.45, 2.75) is 113 Å². The summed E-state index contributed by atoms with van der Waals surface area (Å²) in [6.45, 7) is 3.75. The van der Waals surface area contributed by atoms with Gasteiger partial charge >= 0.3 is 19.7 Å². The minimum atomic E-state index is -4.57. The van der Waals surface area contributed by atoms with E-state index >= 15 is 0 Å². The Balaban J connectivity index is 1.23. The van der Waals surface area contributed by atoms with Crippen LogP contribution in [-0.2, 0) is 32.9 Å². The predicted molar refractivity (Wildman–Crippen MR) is 175 cm³/mol. The number of carbonyl (C=O) groups is 2. The second kappa shape index (κ2) is 14.3. The molecule has 2 aliphatic carbocycles. The van der Waals surface area contributed by atoms with E-state index < -0.39 is 55.2 Å². The third kappa shape index (κ3) is 7.05. The van der Waals surface area contributed by atoms with E-state index in [1.807, 2.05) is 6.92 Å². The van der Waals surface area contributed by atoms with Crippen LogP contribution < -0.4 is 15.3 Å². The molecule has 1 saturated heterocycles. The van der Waals surface area contributed by atoms with E-state index in [1.54, 1.807) is 42.5 Å². The first-order chi connectivity index (χ1) is 23.5. The number of benzene rings is 1. The van der Waals surface area contributed by atoms with Crippen molar-refractivity contribution in [3.63, 3.8) is 0 Å². The molecule has 49 heavy (non-hydrogen) atoms. The zero-order valence-corrected chi connectivity index (χ0v) is 28.5. The maximum absolute atomic E-state index is 14.7. The number of hydrogen-bond donors (Lipinski definition) is 4. The number of hydrogen-bond acceptors (Lipinski definition) is 13. The van der Waals surface area contributed by atoms with Gasteiger partial charge in [0, 0.05) is 6.42 Å². The minimum Gasteiger partial charge on any atom is -0.466 e. The van der Waals surface area contributed by atoms with Crippen LogP contribution in [-0.4, -0.2) is 78.9 Å². The molecule has 16 heteroatoms. The fourth-order valence-corrected chi connectivity index (χ4v) is 8.49. The van der Waals surface area contributed by atoms with Crippen molar-refractivity contribution in [1.82, 2.24) is 19.7 Å². The van der Waals surface area contributed by atoms with Gasteiger partial charge in [-0.1, -0.05) is 38.0 Å². The summed E-state index contributed by atoms with van der Waals surface area (Å²) in [5.41, 5.74) is 3.30. The van der Waals surface area contributed by atoms with Crippen LogP contribution >= 0.6 is 7.75 Å². The van der Waals surface area contributed by atoms with Gasteiger partial charge in [-0.2, -0.15) is 10.2 Å². The van der Waals surface area contributed by atoms with E-state index in [2.05, 4.69) is 15.2 Å². The minimum absolute atomic E-state index is 0.123. The molecule has 3 heterocycles. The van der Waals surface area contributed by atoms with Gasteiger partial charge in [0.2, 0.25) is 0 Å². The third-order valence-corrected chi connectivity index (χ3v) is 11.1. The smallest absolute Gasteiger partial charge is 0.459 e. The number of aliphatic hydroxyl groups excluding tert-OH is 1. The first-order valence-corrected chi connectivity index (χ1v) is 18.4. The second-order valence-corrected chi connectivity index (χ2v) is 14.6. The number of carbonyl (C=O) groups excluding carboxylic acids is 2. The maximum Gasteiger partial charge on any atom is 0.459 e. The van der Waals surface area contributed by atoms with Crippen LogP contribution in [0.5, 0.6) is 5.75 Å². The molecule has 0 bridgehead atoms. The van der Waals surface area contributed by atoms with Gasteiger partial charge < -0.3 is 34.7 Å². The van der Waals surface area contributed by atoms with Crippen LogP contribution in [0.3, 0.4) is 0 Å². The van der Waals surface area contributed by atoms with Crippen molar-refractivity contribution in [3.05, 3.63) is 54.5 Å². The van der Waals surface area contributed by atoms with Crippen LogP contribution in [0, 0.1) is 0 Å². The molecule has 266 valence electrons. The maximum atomic E-state index is 14.7. The molecule has 2 aromatic heterocycles. The van der Waals surface area contributed by atoms with Crippen LogP contribution in [0.1, 0.15) is 83.4 Å². The number of unbranched alkanes of at least 4 members (excludes halogenated alkanes) is 1. The molecule has 7 atom stereocenters. The van der Waals surface area contributed by atoms with Gasteiger partial charge in [-0.15, -0.1) is 0 Å². The molecule has 0 radical (unpaired) electrons. The molecular weight excluding hydrogens is 657 g/mol. The molecule has 3 aromatic rings. The molecule has 1 aliphatic heterocycles. The van der Waals surface area contributed by atoms with Crippen molar-refractivity contribution in [2.24, 2.45) is 0 Å². The number of nitrogen functional groups attached to an aromatic ring is 1. The highest BCUT2D eigenvalue weighted by molar-refractivity contribution is 7.52. The van der Waals surface area contributed by atoms with E-state index in [4.69, 9.17) is 29.0 Å². The standard InChI is InChI=1S/C33H44N5O10P/c1-3-4-19-44-26(39)18-15-23(30(41)45-21-11-7-5-8-12-21)37-49(43,47-22-13-9-6-10-14-22)48-31-32(2)33(31,42)28(40)27(46-32)24-16-17-25-29(34)35-20-36-38(24)25/h6,9-10,13-14,16-17,20-21,23,27-28,31,40,42H,3-5,7-8,11-12,15,18-19H2,1-2H3,(H,37,43)(H2,34,35,36)/t23-,27-,28-,31?,32+,33+,49?/m0/s1. The van der Waals surface area contributed by atoms with Gasteiger partial charge in [0.25, 0.3) is 0 Å². The number of nitrogens with two attached hydrogens (primary N) is 1. The zero-order valence-electron chi connectivity index (χ0n) is 27.6. The Morgan fingerprint density at radius 3 is 2.63 bits per heavy atom. The summed E-state index contributed by atoms with van der Waals surface area (Å²) in [6, 6.07) is 10.2. The van der Waals surface area contributed by atoms with Crippen molar-refractivity contribution in [3.8, 4) is 5.75 Å². The monoisotopic (exact) mass is 701 g/mol. The second-order valence-electron chi connectivity index (χ2n) is 13.0. The average molecular weight is 702 g/mol. The number of aliphatic hydroxyl groups is 2. The number of anilines is 1. The van der Waals surface area contributed by atoms with Crippen molar-refractivity contribution < 1.29 is 47.6 Å². The van der Waals surface area contributed by atoms with E-state index in [0.717, 1.165) is 25.7 Å². The molecule has 3 aliphatic rings. The lowest BCUT2D eigenvalue weighted by atomic mass is 9.98. The summed E-state index contributed by atoms with van der Waals surface area (Å²) in [5.74, 6) is -0.860. The average Bonchev–Trinajstić information content (AvgIpc) is 3.35. The Kier molecular flexibility index (Phi) is 10.3. The van der Waals surface area contributed by atoms with Crippen molar-refractivity contribution in [2.75, 3.05) is 12.3 Å². The Labute approximate surface area is 284 Å². The van der Waals surface area contributed by atoms with Gasteiger partial charge in [-0.25, -0.2) is 14.1 Å².